The first-order valence-electron chi connectivity index (χ1n) is 12.2. The summed E-state index contributed by atoms with van der Waals surface area (Å²) in [4.78, 5) is 39.9. The minimum atomic E-state index is -0.489. The Morgan fingerprint density at radius 2 is 1.35 bits per heavy atom. The van der Waals surface area contributed by atoms with Crippen LogP contribution in [-0.2, 0) is 14.3 Å². The molecule has 0 aromatic carbocycles. The van der Waals surface area contributed by atoms with Gasteiger partial charge in [0.15, 0.2) is 5.78 Å². The largest absolute Gasteiger partial charge is 0.444 e. The number of carbonyl (C=O) groups excluding carboxylic acids is 3. The number of carbonyl (C=O) groups is 3. The van der Waals surface area contributed by atoms with Crippen LogP contribution in [0.25, 0.3) is 0 Å². The van der Waals surface area contributed by atoms with Gasteiger partial charge in [0.2, 0.25) is 0 Å². The fourth-order valence-corrected chi connectivity index (χ4v) is 3.19. The lowest BCUT2D eigenvalue weighted by atomic mass is 10.1. The number of rotatable bonds is 1. The third-order valence-electron chi connectivity index (χ3n) is 4.68. The molecule has 0 aromatic heterocycles. The highest BCUT2D eigenvalue weighted by molar-refractivity contribution is 5.85. The molecule has 2 amide bonds. The molecule has 0 aromatic rings. The zero-order valence-electron chi connectivity index (χ0n) is 22.8. The molecule has 2 fully saturated rings. The maximum absolute atomic E-state index is 11.9. The molecule has 1 atom stereocenters. The van der Waals surface area contributed by atoms with E-state index in [9.17, 15) is 14.4 Å². The zero-order valence-corrected chi connectivity index (χ0v) is 22.8. The third-order valence-corrected chi connectivity index (χ3v) is 4.68. The van der Waals surface area contributed by atoms with Crippen molar-refractivity contribution in [3.63, 3.8) is 0 Å². The van der Waals surface area contributed by atoms with Crippen molar-refractivity contribution in [1.29, 1.82) is 0 Å². The van der Waals surface area contributed by atoms with E-state index < -0.39 is 11.2 Å². The van der Waals surface area contributed by atoms with E-state index in [0.717, 1.165) is 32.4 Å². The first kappa shape index (κ1) is 34.3. The van der Waals surface area contributed by atoms with Crippen molar-refractivity contribution < 1.29 is 23.9 Å². The first-order chi connectivity index (χ1) is 15.1. The number of ketones is 1. The van der Waals surface area contributed by atoms with Crippen LogP contribution >= 0.6 is 0 Å². The molecule has 8 nitrogen and oxygen atoms in total. The summed E-state index contributed by atoms with van der Waals surface area (Å²) in [6.45, 7) is 17.8. The summed E-state index contributed by atoms with van der Waals surface area (Å²) in [6, 6.07) is 0.460. The predicted octanol–water partition coefficient (Wildman–Crippen LogP) is 5.59. The minimum absolute atomic E-state index is 0. The van der Waals surface area contributed by atoms with Crippen molar-refractivity contribution in [2.45, 2.75) is 112 Å². The highest BCUT2D eigenvalue weighted by Gasteiger charge is 2.28. The number of likely N-dealkylation sites (N-methyl/N-ethyl adjacent to an activating group) is 1. The highest BCUT2D eigenvalue weighted by Crippen LogP contribution is 2.17. The Hall–Kier alpha value is -1.83. The number of piperidine rings is 2. The van der Waals surface area contributed by atoms with Gasteiger partial charge in [-0.05, 0) is 74.9 Å². The van der Waals surface area contributed by atoms with Gasteiger partial charge in [0, 0.05) is 32.1 Å². The van der Waals surface area contributed by atoms with E-state index in [1.165, 1.54) is 11.3 Å². The van der Waals surface area contributed by atoms with Gasteiger partial charge in [-0.15, -0.1) is 0 Å². The van der Waals surface area contributed by atoms with Crippen molar-refractivity contribution in [3.05, 3.63) is 0 Å². The molecule has 8 heteroatoms. The first-order valence-corrected chi connectivity index (χ1v) is 12.2. The summed E-state index contributed by atoms with van der Waals surface area (Å²) < 4.78 is 10.5. The molecule has 34 heavy (non-hydrogen) atoms. The maximum Gasteiger partial charge on any atom is 0.410 e. The van der Waals surface area contributed by atoms with Gasteiger partial charge in [-0.3, -0.25) is 4.79 Å². The standard InChI is InChI=1S/C12H24N2O2.C10H17NO3.C3H8.CH4/c1-12(2,3)16-11(15)14-8-6-7-10(9-14)13(4)5;1-10(2,3)14-9(13)11-6-4-5-8(12)7-11;1-3-2;/h10H,6-9H2,1-5H3;4-7H2,1-3H3;3H2,1-2H3;1H4. The molecule has 202 valence electrons. The van der Waals surface area contributed by atoms with Gasteiger partial charge in [0.25, 0.3) is 0 Å². The second kappa shape index (κ2) is 16.0. The third kappa shape index (κ3) is 15.9. The molecule has 0 bridgehead atoms. The monoisotopic (exact) mass is 487 g/mol. The second-order valence-corrected chi connectivity index (χ2v) is 10.9. The molecule has 0 radical (unpaired) electrons. The Labute approximate surface area is 209 Å². The average molecular weight is 488 g/mol. The van der Waals surface area contributed by atoms with Crippen molar-refractivity contribution >= 4 is 18.0 Å². The topological polar surface area (TPSA) is 79.4 Å². The second-order valence-electron chi connectivity index (χ2n) is 10.9. The molecule has 0 spiro atoms. The smallest absolute Gasteiger partial charge is 0.410 e. The van der Waals surface area contributed by atoms with Crippen molar-refractivity contribution in [2.24, 2.45) is 0 Å². The Kier molecular flexibility index (Phi) is 16.1. The molecule has 0 aliphatic carbocycles. The van der Waals surface area contributed by atoms with Crippen molar-refractivity contribution in [2.75, 3.05) is 40.3 Å². The van der Waals surface area contributed by atoms with E-state index in [-0.39, 0.29) is 31.9 Å². The molecule has 2 saturated heterocycles. The van der Waals surface area contributed by atoms with Gasteiger partial charge in [-0.2, -0.15) is 0 Å². The lowest BCUT2D eigenvalue weighted by molar-refractivity contribution is -0.122. The highest BCUT2D eigenvalue weighted by atomic mass is 16.6. The summed E-state index contributed by atoms with van der Waals surface area (Å²) in [6.07, 6.45) is 4.23. The van der Waals surface area contributed by atoms with Gasteiger partial charge in [-0.1, -0.05) is 27.7 Å². The minimum Gasteiger partial charge on any atom is -0.444 e. The van der Waals surface area contributed by atoms with Crippen LogP contribution in [0, 0.1) is 0 Å². The van der Waals surface area contributed by atoms with Gasteiger partial charge >= 0.3 is 12.2 Å². The lowest BCUT2D eigenvalue weighted by Crippen LogP contribution is -2.48. The van der Waals surface area contributed by atoms with Crippen molar-refractivity contribution in [1.82, 2.24) is 14.7 Å². The quantitative estimate of drug-likeness (QED) is 0.480. The SMILES string of the molecule is C.CC(C)(C)OC(=O)N1CCCC(=O)C1.CCC.CN(C)C1CCCN(C(=O)OC(C)(C)C)C1. The molecule has 2 aliphatic rings. The Bertz CT molecular complexity index is 609. The fourth-order valence-electron chi connectivity index (χ4n) is 3.19. The number of hydrogen-bond acceptors (Lipinski definition) is 6. The van der Waals surface area contributed by atoms with E-state index in [0.29, 0.717) is 19.0 Å². The summed E-state index contributed by atoms with van der Waals surface area (Å²) >= 11 is 0. The molecule has 2 rings (SSSR count). The summed E-state index contributed by atoms with van der Waals surface area (Å²) in [5, 5.41) is 0. The molecule has 0 saturated carbocycles. The fraction of sp³-hybridized carbons (Fsp3) is 0.885. The van der Waals surface area contributed by atoms with Crippen LogP contribution in [0.1, 0.15) is 94.9 Å². The molecule has 0 N–H and O–H groups in total. The van der Waals surface area contributed by atoms with E-state index >= 15 is 0 Å². The Morgan fingerprint density at radius 3 is 1.76 bits per heavy atom. The van der Waals surface area contributed by atoms with E-state index in [1.807, 2.05) is 46.4 Å². The van der Waals surface area contributed by atoms with Crippen molar-refractivity contribution in [3.8, 4) is 0 Å². The average Bonchev–Trinajstić information content (AvgIpc) is 2.66. The van der Waals surface area contributed by atoms with Gasteiger partial charge in [-0.25, -0.2) is 9.59 Å². The summed E-state index contributed by atoms with van der Waals surface area (Å²) in [7, 11) is 4.12. The Balaban J connectivity index is 0. The maximum atomic E-state index is 11.9. The number of nitrogens with zero attached hydrogens (tertiary/aromatic N) is 3. The normalized spacial score (nSPS) is 18.6. The zero-order chi connectivity index (χ0) is 25.8. The van der Waals surface area contributed by atoms with Crippen LogP contribution in [0.3, 0.4) is 0 Å². The number of hydrogen-bond donors (Lipinski definition) is 0. The van der Waals surface area contributed by atoms with Crippen LogP contribution in [0.5, 0.6) is 0 Å². The number of ether oxygens (including phenoxy) is 2. The summed E-state index contributed by atoms with van der Waals surface area (Å²) in [5.41, 5.74) is -0.889. The number of amides is 2. The van der Waals surface area contributed by atoms with Crippen LogP contribution in [0.2, 0.25) is 0 Å². The molecular weight excluding hydrogens is 434 g/mol. The van der Waals surface area contributed by atoms with Crippen LogP contribution in [0.15, 0.2) is 0 Å². The molecule has 2 aliphatic heterocycles. The van der Waals surface area contributed by atoms with E-state index in [1.54, 1.807) is 0 Å². The predicted molar refractivity (Wildman–Crippen MR) is 139 cm³/mol. The summed E-state index contributed by atoms with van der Waals surface area (Å²) in [5.74, 6) is 0.113. The molecule has 1 unspecified atom stereocenters. The number of Topliss-reactive ketones (excluding diaryl/α,β-unsaturated/α-hetero) is 1. The van der Waals surface area contributed by atoms with Gasteiger partial charge in [0.05, 0.1) is 6.54 Å². The lowest BCUT2D eigenvalue weighted by Gasteiger charge is -2.36. The van der Waals surface area contributed by atoms with Crippen LogP contribution in [-0.4, -0.2) is 90.2 Å². The Morgan fingerprint density at radius 1 is 0.912 bits per heavy atom. The van der Waals surface area contributed by atoms with Gasteiger partial charge < -0.3 is 24.2 Å². The number of likely N-dealkylation sites (tertiary alicyclic amines) is 2. The molecular formula is C26H53N3O5. The van der Waals surface area contributed by atoms with Crippen LogP contribution < -0.4 is 0 Å². The van der Waals surface area contributed by atoms with E-state index in [2.05, 4.69) is 32.8 Å². The van der Waals surface area contributed by atoms with E-state index in [4.69, 9.17) is 9.47 Å². The van der Waals surface area contributed by atoms with Gasteiger partial charge in [0.1, 0.15) is 11.2 Å². The van der Waals surface area contributed by atoms with Crippen LogP contribution in [0.4, 0.5) is 9.59 Å². The molecule has 2 heterocycles.